The van der Waals surface area contributed by atoms with Gasteiger partial charge in [-0.15, -0.1) is 0 Å². The molecule has 2 unspecified atom stereocenters. The van der Waals surface area contributed by atoms with E-state index in [9.17, 15) is 13.2 Å². The number of amides is 1. The van der Waals surface area contributed by atoms with E-state index >= 15 is 0 Å². The zero-order valence-corrected chi connectivity index (χ0v) is 16.3. The molecule has 2 atom stereocenters. The molecule has 26 heavy (non-hydrogen) atoms. The Labute approximate surface area is 159 Å². The van der Waals surface area contributed by atoms with E-state index in [1.165, 1.54) is 16.6 Å². The van der Waals surface area contributed by atoms with Crippen molar-refractivity contribution in [3.05, 3.63) is 23.5 Å². The number of hydrogen-bond acceptors (Lipinski definition) is 5. The van der Waals surface area contributed by atoms with Crippen LogP contribution in [-0.2, 0) is 19.6 Å². The molecule has 0 aromatic carbocycles. The zero-order chi connectivity index (χ0) is 18.7. The van der Waals surface area contributed by atoms with Crippen LogP contribution in [-0.4, -0.2) is 55.5 Å². The van der Waals surface area contributed by atoms with E-state index in [-0.39, 0.29) is 34.0 Å². The van der Waals surface area contributed by atoms with Crippen LogP contribution in [0.2, 0.25) is 5.15 Å². The molecular formula is C17H24ClN3O4S. The second kappa shape index (κ2) is 8.21. The van der Waals surface area contributed by atoms with Crippen LogP contribution in [0.1, 0.15) is 32.6 Å². The molecule has 2 fully saturated rings. The lowest BCUT2D eigenvalue weighted by molar-refractivity contribution is -0.127. The van der Waals surface area contributed by atoms with Gasteiger partial charge in [-0.2, -0.15) is 4.31 Å². The van der Waals surface area contributed by atoms with Crippen LogP contribution in [0.15, 0.2) is 23.2 Å². The number of ether oxygens (including phenoxy) is 1. The van der Waals surface area contributed by atoms with E-state index in [4.69, 9.17) is 16.3 Å². The van der Waals surface area contributed by atoms with E-state index in [2.05, 4.69) is 10.3 Å². The lowest BCUT2D eigenvalue weighted by Crippen LogP contribution is -2.47. The van der Waals surface area contributed by atoms with Crippen molar-refractivity contribution in [2.24, 2.45) is 5.92 Å². The molecule has 1 N–H and O–H groups in total. The zero-order valence-electron chi connectivity index (χ0n) is 14.7. The summed E-state index contributed by atoms with van der Waals surface area (Å²) in [6.07, 6.45) is 4.49. The third-order valence-corrected chi connectivity index (χ3v) is 7.40. The Morgan fingerprint density at radius 3 is 2.73 bits per heavy atom. The second-order valence-corrected chi connectivity index (χ2v) is 9.08. The number of nitrogens with one attached hydrogen (secondary N) is 1. The van der Waals surface area contributed by atoms with Gasteiger partial charge >= 0.3 is 0 Å². The first kappa shape index (κ1) is 19.5. The Kier molecular flexibility index (Phi) is 6.17. The first-order chi connectivity index (χ1) is 12.4. The Hall–Kier alpha value is -1.22. The van der Waals surface area contributed by atoms with Gasteiger partial charge < -0.3 is 10.1 Å². The van der Waals surface area contributed by atoms with Gasteiger partial charge in [-0.3, -0.25) is 4.79 Å². The number of hydrogen-bond donors (Lipinski definition) is 1. The number of aromatic nitrogens is 1. The number of sulfonamides is 1. The van der Waals surface area contributed by atoms with Crippen LogP contribution >= 0.6 is 11.6 Å². The van der Waals surface area contributed by atoms with E-state index in [0.29, 0.717) is 25.9 Å². The highest BCUT2D eigenvalue weighted by Gasteiger charge is 2.34. The number of pyridine rings is 1. The summed E-state index contributed by atoms with van der Waals surface area (Å²) in [7, 11) is -3.69. The predicted octanol–water partition coefficient (Wildman–Crippen LogP) is 1.82. The van der Waals surface area contributed by atoms with E-state index < -0.39 is 10.0 Å². The van der Waals surface area contributed by atoms with Crippen LogP contribution in [0.4, 0.5) is 0 Å². The van der Waals surface area contributed by atoms with Gasteiger partial charge in [0.1, 0.15) is 10.0 Å². The van der Waals surface area contributed by atoms with Crippen LogP contribution in [0.25, 0.3) is 0 Å². The molecule has 3 heterocycles. The molecule has 0 spiro atoms. The number of carbonyl (C=O) groups is 1. The molecule has 7 nitrogen and oxygen atoms in total. The molecule has 1 amide bonds. The average Bonchev–Trinajstić information content (AvgIpc) is 3.17. The predicted molar refractivity (Wildman–Crippen MR) is 97.3 cm³/mol. The highest BCUT2D eigenvalue weighted by Crippen LogP contribution is 2.27. The highest BCUT2D eigenvalue weighted by molar-refractivity contribution is 7.89. The molecule has 2 aliphatic rings. The number of rotatable bonds is 5. The minimum atomic E-state index is -3.69. The van der Waals surface area contributed by atoms with E-state index in [1.807, 2.05) is 6.92 Å². The maximum atomic E-state index is 12.7. The average molecular weight is 402 g/mol. The van der Waals surface area contributed by atoms with Crippen molar-refractivity contribution in [3.8, 4) is 0 Å². The minimum absolute atomic E-state index is 0.0107. The smallest absolute Gasteiger partial charge is 0.246 e. The fourth-order valence-electron chi connectivity index (χ4n) is 3.49. The van der Waals surface area contributed by atoms with Gasteiger partial charge in [0, 0.05) is 31.8 Å². The Morgan fingerprint density at radius 2 is 2.12 bits per heavy atom. The molecule has 144 valence electrons. The van der Waals surface area contributed by atoms with Crippen LogP contribution < -0.4 is 5.32 Å². The number of piperidine rings is 1. The largest absolute Gasteiger partial charge is 0.376 e. The summed E-state index contributed by atoms with van der Waals surface area (Å²) < 4.78 is 32.4. The number of nitrogens with zero attached hydrogens (tertiary/aromatic N) is 2. The van der Waals surface area contributed by atoms with Crippen molar-refractivity contribution in [2.75, 3.05) is 19.7 Å². The molecule has 3 rings (SSSR count). The Bertz CT molecular complexity index is 744. The normalized spacial score (nSPS) is 23.7. The van der Waals surface area contributed by atoms with Gasteiger partial charge in [-0.1, -0.05) is 11.6 Å². The van der Waals surface area contributed by atoms with E-state index in [0.717, 1.165) is 19.4 Å². The summed E-state index contributed by atoms with van der Waals surface area (Å²) in [5.74, 6) is -0.209. The summed E-state index contributed by atoms with van der Waals surface area (Å²) in [5.41, 5.74) is 0. The maximum absolute atomic E-state index is 12.7. The first-order valence-electron chi connectivity index (χ1n) is 8.92. The Morgan fingerprint density at radius 1 is 1.38 bits per heavy atom. The molecule has 1 aromatic heterocycles. The summed E-state index contributed by atoms with van der Waals surface area (Å²) in [5, 5.41) is 2.99. The summed E-state index contributed by atoms with van der Waals surface area (Å²) in [6, 6.07) is 2.97. The molecular weight excluding hydrogens is 378 g/mol. The molecule has 2 saturated heterocycles. The summed E-state index contributed by atoms with van der Waals surface area (Å²) in [4.78, 5) is 16.3. The molecule has 0 aliphatic carbocycles. The van der Waals surface area contributed by atoms with Crippen molar-refractivity contribution in [3.63, 3.8) is 0 Å². The van der Waals surface area contributed by atoms with E-state index in [1.54, 1.807) is 6.07 Å². The third-order valence-electron chi connectivity index (χ3n) is 5.06. The molecule has 2 aliphatic heterocycles. The summed E-state index contributed by atoms with van der Waals surface area (Å²) in [6.45, 7) is 3.29. The standard InChI is InChI=1S/C17H24ClN3O4S/c1-12(14-4-3-11-25-14)20-17(22)13-6-9-21(10-7-13)26(23,24)15-5-2-8-19-16(15)18/h2,5,8,12-14H,3-4,6-7,9-11H2,1H3,(H,20,22). The van der Waals surface area contributed by atoms with Gasteiger partial charge in [0.2, 0.25) is 15.9 Å². The van der Waals surface area contributed by atoms with Crippen molar-refractivity contribution in [2.45, 2.75) is 49.6 Å². The topological polar surface area (TPSA) is 88.6 Å². The van der Waals surface area contributed by atoms with Gasteiger partial charge in [-0.05, 0) is 44.7 Å². The molecule has 0 bridgehead atoms. The maximum Gasteiger partial charge on any atom is 0.246 e. The Balaban J connectivity index is 1.57. The van der Waals surface area contributed by atoms with Crippen molar-refractivity contribution >= 4 is 27.5 Å². The molecule has 1 aromatic rings. The van der Waals surface area contributed by atoms with Crippen molar-refractivity contribution in [1.29, 1.82) is 0 Å². The quantitative estimate of drug-likeness (QED) is 0.760. The van der Waals surface area contributed by atoms with Gasteiger partial charge in [0.05, 0.1) is 12.1 Å². The molecule has 0 radical (unpaired) electrons. The van der Waals surface area contributed by atoms with Gasteiger partial charge in [0.25, 0.3) is 0 Å². The molecule has 9 heteroatoms. The number of carbonyl (C=O) groups excluding carboxylic acids is 1. The van der Waals surface area contributed by atoms with Gasteiger partial charge in [0.15, 0.2) is 0 Å². The molecule has 0 saturated carbocycles. The summed E-state index contributed by atoms with van der Waals surface area (Å²) >= 11 is 5.93. The van der Waals surface area contributed by atoms with Crippen LogP contribution in [0.3, 0.4) is 0 Å². The van der Waals surface area contributed by atoms with Crippen molar-refractivity contribution < 1.29 is 17.9 Å². The van der Waals surface area contributed by atoms with Crippen LogP contribution in [0, 0.1) is 5.92 Å². The second-order valence-electron chi connectivity index (χ2n) is 6.82. The van der Waals surface area contributed by atoms with Gasteiger partial charge in [-0.25, -0.2) is 13.4 Å². The lowest BCUT2D eigenvalue weighted by Gasteiger charge is -2.31. The third kappa shape index (κ3) is 4.19. The first-order valence-corrected chi connectivity index (χ1v) is 10.7. The van der Waals surface area contributed by atoms with Crippen molar-refractivity contribution in [1.82, 2.24) is 14.6 Å². The fraction of sp³-hybridized carbons (Fsp3) is 0.647. The SMILES string of the molecule is CC(NC(=O)C1CCN(S(=O)(=O)c2cccnc2Cl)CC1)C1CCCO1. The highest BCUT2D eigenvalue weighted by atomic mass is 35.5. The number of halogens is 1. The monoisotopic (exact) mass is 401 g/mol. The lowest BCUT2D eigenvalue weighted by atomic mass is 9.96. The minimum Gasteiger partial charge on any atom is -0.376 e. The fourth-order valence-corrected chi connectivity index (χ4v) is 5.39. The van der Waals surface area contributed by atoms with Crippen LogP contribution in [0.5, 0.6) is 0 Å².